The van der Waals surface area contributed by atoms with E-state index in [0.29, 0.717) is 16.4 Å². The molecule has 21 heavy (non-hydrogen) atoms. The fraction of sp³-hybridized carbons (Fsp3) is 0.0714. The van der Waals surface area contributed by atoms with Crippen LogP contribution in [-0.2, 0) is 0 Å². The van der Waals surface area contributed by atoms with Crippen molar-refractivity contribution in [2.45, 2.75) is 6.92 Å². The molecule has 0 fully saturated rings. The molecule has 0 aliphatic rings. The van der Waals surface area contributed by atoms with Gasteiger partial charge in [-0.1, -0.05) is 0 Å². The molecule has 0 aliphatic heterocycles. The Morgan fingerprint density at radius 3 is 2.86 bits per heavy atom. The lowest BCUT2D eigenvalue weighted by Gasteiger charge is -1.97. The predicted molar refractivity (Wildman–Crippen MR) is 81.4 cm³/mol. The van der Waals surface area contributed by atoms with Crippen LogP contribution in [0.15, 0.2) is 56.3 Å². The van der Waals surface area contributed by atoms with Crippen LogP contribution in [0.4, 0.5) is 0 Å². The average Bonchev–Trinajstić information content (AvgIpc) is 3.17. The number of furan rings is 2. The monoisotopic (exact) mass is 300 g/mol. The van der Waals surface area contributed by atoms with Crippen LogP contribution >= 0.6 is 12.2 Å². The number of hydrogen-bond donors (Lipinski definition) is 1. The molecule has 3 aromatic rings. The summed E-state index contributed by atoms with van der Waals surface area (Å²) in [6.45, 7) is 1.92. The van der Waals surface area contributed by atoms with E-state index in [-0.39, 0.29) is 0 Å². The van der Waals surface area contributed by atoms with Crippen molar-refractivity contribution in [2.75, 3.05) is 0 Å². The second-order valence-electron chi connectivity index (χ2n) is 4.29. The van der Waals surface area contributed by atoms with Crippen LogP contribution in [0.25, 0.3) is 17.7 Å². The van der Waals surface area contributed by atoms with E-state index < -0.39 is 0 Å². The zero-order valence-electron chi connectivity index (χ0n) is 11.2. The Bertz CT molecular complexity index is 823. The van der Waals surface area contributed by atoms with Gasteiger partial charge in [0.25, 0.3) is 0 Å². The molecular weight excluding hydrogens is 288 g/mol. The molecule has 0 saturated heterocycles. The second kappa shape index (κ2) is 5.76. The van der Waals surface area contributed by atoms with E-state index in [1.807, 2.05) is 25.1 Å². The first-order valence-electron chi connectivity index (χ1n) is 6.21. The Labute approximate surface area is 125 Å². The van der Waals surface area contributed by atoms with Crippen molar-refractivity contribution in [3.63, 3.8) is 0 Å². The average molecular weight is 300 g/mol. The molecule has 0 saturated carbocycles. The lowest BCUT2D eigenvalue weighted by Crippen LogP contribution is -1.93. The molecule has 6 nitrogen and oxygen atoms in total. The van der Waals surface area contributed by atoms with E-state index in [1.165, 1.54) is 4.68 Å². The maximum absolute atomic E-state index is 5.31. The highest BCUT2D eigenvalue weighted by Gasteiger charge is 2.10. The van der Waals surface area contributed by atoms with E-state index in [1.54, 1.807) is 30.9 Å². The quantitative estimate of drug-likeness (QED) is 0.588. The molecule has 0 spiro atoms. The van der Waals surface area contributed by atoms with Gasteiger partial charge in [-0.2, -0.15) is 9.78 Å². The summed E-state index contributed by atoms with van der Waals surface area (Å²) in [4.78, 5) is 0. The molecule has 106 valence electrons. The number of allylic oxidation sites excluding steroid dienone is 1. The fourth-order valence-corrected chi connectivity index (χ4v) is 1.93. The van der Waals surface area contributed by atoms with Gasteiger partial charge in [0, 0.05) is 0 Å². The third-order valence-corrected chi connectivity index (χ3v) is 2.95. The number of hydrogen-bond acceptors (Lipinski definition) is 5. The van der Waals surface area contributed by atoms with Gasteiger partial charge in [0.2, 0.25) is 10.6 Å². The summed E-state index contributed by atoms with van der Waals surface area (Å²) >= 11 is 5.17. The molecule has 7 heteroatoms. The summed E-state index contributed by atoms with van der Waals surface area (Å²) < 4.78 is 12.5. The van der Waals surface area contributed by atoms with Gasteiger partial charge in [-0.25, -0.2) is 5.10 Å². The molecular formula is C14H12N4O2S. The van der Waals surface area contributed by atoms with Crippen LogP contribution < -0.4 is 0 Å². The summed E-state index contributed by atoms with van der Waals surface area (Å²) in [5.41, 5.74) is 0.915. The van der Waals surface area contributed by atoms with E-state index >= 15 is 0 Å². The number of aromatic amines is 1. The Balaban J connectivity index is 1.90. The van der Waals surface area contributed by atoms with Gasteiger partial charge in [0.05, 0.1) is 18.7 Å². The van der Waals surface area contributed by atoms with Crippen molar-refractivity contribution in [3.8, 4) is 11.6 Å². The highest BCUT2D eigenvalue weighted by molar-refractivity contribution is 7.71. The molecule has 0 aromatic carbocycles. The van der Waals surface area contributed by atoms with Gasteiger partial charge in [-0.15, -0.1) is 5.10 Å². The van der Waals surface area contributed by atoms with E-state index in [2.05, 4.69) is 15.3 Å². The number of rotatable bonds is 4. The lowest BCUT2D eigenvalue weighted by atomic mass is 10.3. The zero-order valence-corrected chi connectivity index (χ0v) is 12.0. The van der Waals surface area contributed by atoms with Gasteiger partial charge in [-0.3, -0.25) is 0 Å². The highest BCUT2D eigenvalue weighted by atomic mass is 32.1. The molecule has 3 rings (SSSR count). The van der Waals surface area contributed by atoms with Crippen LogP contribution in [-0.4, -0.2) is 21.1 Å². The minimum atomic E-state index is 0.392. The number of nitrogens with zero attached hydrogens (tertiary/aromatic N) is 3. The summed E-state index contributed by atoms with van der Waals surface area (Å²) in [7, 11) is 0. The van der Waals surface area contributed by atoms with Crippen molar-refractivity contribution in [1.29, 1.82) is 0 Å². The largest absolute Gasteiger partial charge is 0.465 e. The Hall–Kier alpha value is -2.67. The van der Waals surface area contributed by atoms with Crippen molar-refractivity contribution < 1.29 is 8.83 Å². The molecule has 0 bridgehead atoms. The molecule has 0 aliphatic carbocycles. The maximum atomic E-state index is 5.31. The zero-order chi connectivity index (χ0) is 14.7. The molecule has 0 unspecified atom stereocenters. The first-order chi connectivity index (χ1) is 10.2. The first kappa shape index (κ1) is 13.3. The fourth-order valence-electron chi connectivity index (χ4n) is 1.75. The van der Waals surface area contributed by atoms with Crippen LogP contribution in [0.2, 0.25) is 0 Å². The number of aromatic nitrogens is 3. The molecule has 0 amide bonds. The van der Waals surface area contributed by atoms with Gasteiger partial charge in [-0.05, 0) is 55.1 Å². The second-order valence-corrected chi connectivity index (χ2v) is 4.68. The molecule has 0 atom stereocenters. The van der Waals surface area contributed by atoms with Crippen LogP contribution in [0.3, 0.4) is 0 Å². The van der Waals surface area contributed by atoms with Crippen LogP contribution in [0.5, 0.6) is 0 Å². The Morgan fingerprint density at radius 1 is 1.33 bits per heavy atom. The topological polar surface area (TPSA) is 72.2 Å². The van der Waals surface area contributed by atoms with Crippen molar-refractivity contribution in [2.24, 2.45) is 5.10 Å². The predicted octanol–water partition coefficient (Wildman–Crippen LogP) is 3.73. The van der Waals surface area contributed by atoms with Gasteiger partial charge >= 0.3 is 0 Å². The highest BCUT2D eigenvalue weighted by Crippen LogP contribution is 2.17. The summed E-state index contributed by atoms with van der Waals surface area (Å²) in [6.07, 6.45) is 6.75. The summed E-state index contributed by atoms with van der Waals surface area (Å²) in [6, 6.07) is 7.28. The minimum absolute atomic E-state index is 0.392. The van der Waals surface area contributed by atoms with E-state index in [9.17, 15) is 0 Å². The molecule has 3 aromatic heterocycles. The van der Waals surface area contributed by atoms with Gasteiger partial charge in [0.1, 0.15) is 5.76 Å². The van der Waals surface area contributed by atoms with E-state index in [0.717, 1.165) is 11.3 Å². The molecule has 3 heterocycles. The van der Waals surface area contributed by atoms with E-state index in [4.69, 9.17) is 21.1 Å². The summed E-state index contributed by atoms with van der Waals surface area (Å²) in [5.74, 6) is 1.88. The Kier molecular flexibility index (Phi) is 3.65. The van der Waals surface area contributed by atoms with Crippen molar-refractivity contribution in [3.05, 3.63) is 52.9 Å². The van der Waals surface area contributed by atoms with Gasteiger partial charge < -0.3 is 8.83 Å². The third kappa shape index (κ3) is 2.92. The van der Waals surface area contributed by atoms with Crippen molar-refractivity contribution in [1.82, 2.24) is 14.9 Å². The number of H-pyrrole nitrogens is 1. The van der Waals surface area contributed by atoms with Crippen molar-refractivity contribution >= 4 is 24.5 Å². The third-order valence-electron chi connectivity index (χ3n) is 2.68. The minimum Gasteiger partial charge on any atom is -0.465 e. The molecule has 1 N–H and O–H groups in total. The lowest BCUT2D eigenvalue weighted by molar-refractivity contribution is 0.557. The first-order valence-corrected chi connectivity index (χ1v) is 6.62. The molecule has 0 radical (unpaired) electrons. The number of nitrogens with one attached hydrogen (secondary N) is 1. The maximum Gasteiger partial charge on any atom is 0.219 e. The smallest absolute Gasteiger partial charge is 0.219 e. The summed E-state index contributed by atoms with van der Waals surface area (Å²) in [5, 5.41) is 11.1. The normalized spacial score (nSPS) is 12.3. The Morgan fingerprint density at radius 2 is 2.14 bits per heavy atom. The standard InChI is InChI=1S/C14H12N4O2S/c1-10(8-11-4-2-6-19-11)9-15-18-13(16-17-14(18)21)12-5-3-7-20-12/h2-9H,1H3,(H,17,21)/b10-8+,15-9?. The van der Waals surface area contributed by atoms with Crippen LogP contribution in [0, 0.1) is 4.77 Å². The van der Waals surface area contributed by atoms with Crippen LogP contribution in [0.1, 0.15) is 12.7 Å². The SMILES string of the molecule is C/C(C=Nn1c(-c2ccco2)n[nH]c1=S)=C\c1ccco1. The van der Waals surface area contributed by atoms with Gasteiger partial charge in [0.15, 0.2) is 5.76 Å².